The molecule has 0 radical (unpaired) electrons. The summed E-state index contributed by atoms with van der Waals surface area (Å²) in [5.41, 5.74) is 4.44. The molecule has 3 aromatic carbocycles. The summed E-state index contributed by atoms with van der Waals surface area (Å²) >= 11 is 1.50. The number of nitrogens with one attached hydrogen (secondary N) is 1. The van der Waals surface area contributed by atoms with E-state index in [1.54, 1.807) is 0 Å². The van der Waals surface area contributed by atoms with Gasteiger partial charge in [-0.1, -0.05) is 79.2 Å². The molecule has 1 heterocycles. The number of aryl methyl sites for hydroxylation is 2. The highest BCUT2D eigenvalue weighted by atomic mass is 32.2. The van der Waals surface area contributed by atoms with Crippen molar-refractivity contribution >= 4 is 29.3 Å². The molecular formula is C29H32N2O2S. The van der Waals surface area contributed by atoms with E-state index in [0.717, 1.165) is 29.0 Å². The third kappa shape index (κ3) is 5.71. The molecule has 0 aliphatic carbocycles. The van der Waals surface area contributed by atoms with Gasteiger partial charge in [0, 0.05) is 10.9 Å². The monoisotopic (exact) mass is 472 g/mol. The predicted octanol–water partition coefficient (Wildman–Crippen LogP) is 5.78. The summed E-state index contributed by atoms with van der Waals surface area (Å²) in [6.07, 6.45) is 1.77. The van der Waals surface area contributed by atoms with Crippen molar-refractivity contribution in [3.8, 4) is 0 Å². The zero-order chi connectivity index (χ0) is 24.1. The number of carbonyl (C=O) groups excluding carboxylic acids is 2. The summed E-state index contributed by atoms with van der Waals surface area (Å²) in [4.78, 5) is 29.6. The highest BCUT2D eigenvalue weighted by Gasteiger charge is 2.39. The fraction of sp³-hybridized carbons (Fsp3) is 0.310. The van der Waals surface area contributed by atoms with Gasteiger partial charge in [-0.25, -0.2) is 0 Å². The first-order valence-corrected chi connectivity index (χ1v) is 12.8. The van der Waals surface area contributed by atoms with Gasteiger partial charge in [0.05, 0.1) is 18.2 Å². The number of fused-ring (bicyclic) bond motifs is 1. The summed E-state index contributed by atoms with van der Waals surface area (Å²) in [6.45, 7) is 6.45. The minimum absolute atomic E-state index is 0.0103. The highest BCUT2D eigenvalue weighted by molar-refractivity contribution is 8.01. The van der Waals surface area contributed by atoms with Gasteiger partial charge in [0.1, 0.15) is 5.25 Å². The molecule has 0 aromatic heterocycles. The van der Waals surface area contributed by atoms with Gasteiger partial charge >= 0.3 is 0 Å². The number of hydrogen-bond acceptors (Lipinski definition) is 3. The van der Waals surface area contributed by atoms with Crippen LogP contribution in [0.3, 0.4) is 0 Å². The highest BCUT2D eigenvalue weighted by Crippen LogP contribution is 2.42. The minimum atomic E-state index is -0.457. The van der Waals surface area contributed by atoms with Crippen molar-refractivity contribution in [2.24, 2.45) is 5.92 Å². The fourth-order valence-electron chi connectivity index (χ4n) is 4.21. The van der Waals surface area contributed by atoms with Gasteiger partial charge in [-0.2, -0.15) is 0 Å². The summed E-state index contributed by atoms with van der Waals surface area (Å²) in [6, 6.07) is 26.5. The second kappa shape index (κ2) is 10.9. The molecule has 0 saturated carbocycles. The van der Waals surface area contributed by atoms with Crippen LogP contribution in [-0.2, 0) is 22.6 Å². The van der Waals surface area contributed by atoms with E-state index in [1.165, 1.54) is 22.9 Å². The second-order valence-electron chi connectivity index (χ2n) is 9.14. The zero-order valence-electron chi connectivity index (χ0n) is 20.0. The van der Waals surface area contributed by atoms with Crippen molar-refractivity contribution in [1.82, 2.24) is 5.32 Å². The van der Waals surface area contributed by atoms with Crippen LogP contribution in [0.2, 0.25) is 0 Å². The lowest BCUT2D eigenvalue weighted by atomic mass is 10.0. The number of benzene rings is 3. The molecular weight excluding hydrogens is 440 g/mol. The first-order chi connectivity index (χ1) is 16.4. The fourth-order valence-corrected chi connectivity index (χ4v) is 5.49. The SMILES string of the molecule is Cc1ccc(CN2C(=O)C(C(C)C(=O)NC(C)CCc3ccccc3)Sc3ccccc32)cc1. The normalized spacial score (nSPS) is 17.1. The van der Waals surface area contributed by atoms with E-state index in [4.69, 9.17) is 0 Å². The van der Waals surface area contributed by atoms with E-state index in [-0.39, 0.29) is 17.9 Å². The smallest absolute Gasteiger partial charge is 0.241 e. The van der Waals surface area contributed by atoms with E-state index >= 15 is 0 Å². The standard InChI is InChI=1S/C29H32N2O2S/c1-20-13-16-24(17-14-20)19-31-25-11-7-8-12-26(25)34-27(29(31)33)22(3)28(32)30-21(2)15-18-23-9-5-4-6-10-23/h4-14,16-17,21-22,27H,15,18-19H2,1-3H3,(H,30,32). The average Bonchev–Trinajstić information content (AvgIpc) is 2.85. The van der Waals surface area contributed by atoms with Crippen molar-refractivity contribution in [1.29, 1.82) is 0 Å². The first kappa shape index (κ1) is 24.1. The number of carbonyl (C=O) groups is 2. The van der Waals surface area contributed by atoms with Gasteiger partial charge < -0.3 is 10.2 Å². The van der Waals surface area contributed by atoms with E-state index in [1.807, 2.05) is 61.2 Å². The van der Waals surface area contributed by atoms with Gasteiger partial charge in [0.15, 0.2) is 0 Å². The van der Waals surface area contributed by atoms with E-state index in [9.17, 15) is 9.59 Å². The van der Waals surface area contributed by atoms with Crippen LogP contribution >= 0.6 is 11.8 Å². The van der Waals surface area contributed by atoms with Crippen LogP contribution in [0.15, 0.2) is 83.8 Å². The van der Waals surface area contributed by atoms with E-state index in [0.29, 0.717) is 6.54 Å². The molecule has 0 fully saturated rings. The summed E-state index contributed by atoms with van der Waals surface area (Å²) in [7, 11) is 0. The Labute approximate surface area is 206 Å². The Kier molecular flexibility index (Phi) is 7.73. The molecule has 5 heteroatoms. The quantitative estimate of drug-likeness (QED) is 0.452. The van der Waals surface area contributed by atoms with Gasteiger partial charge in [-0.05, 0) is 49.9 Å². The number of amides is 2. The van der Waals surface area contributed by atoms with Crippen molar-refractivity contribution in [3.05, 3.63) is 95.6 Å². The third-order valence-corrected chi connectivity index (χ3v) is 7.81. The Bertz CT molecular complexity index is 1130. The lowest BCUT2D eigenvalue weighted by Crippen LogP contribution is -2.48. The van der Waals surface area contributed by atoms with Crippen molar-refractivity contribution < 1.29 is 9.59 Å². The molecule has 0 saturated heterocycles. The van der Waals surface area contributed by atoms with Crippen LogP contribution < -0.4 is 10.2 Å². The molecule has 3 unspecified atom stereocenters. The predicted molar refractivity (Wildman–Crippen MR) is 140 cm³/mol. The number of thioether (sulfide) groups is 1. The second-order valence-corrected chi connectivity index (χ2v) is 10.3. The summed E-state index contributed by atoms with van der Waals surface area (Å²) in [5, 5.41) is 2.68. The van der Waals surface area contributed by atoms with Crippen molar-refractivity contribution in [3.63, 3.8) is 0 Å². The van der Waals surface area contributed by atoms with Crippen LogP contribution in [0, 0.1) is 12.8 Å². The van der Waals surface area contributed by atoms with Gasteiger partial charge in [0.25, 0.3) is 0 Å². The lowest BCUT2D eigenvalue weighted by Gasteiger charge is -2.36. The maximum atomic E-state index is 13.6. The molecule has 0 bridgehead atoms. The van der Waals surface area contributed by atoms with Gasteiger partial charge in [-0.3, -0.25) is 9.59 Å². The Morgan fingerprint density at radius 2 is 1.62 bits per heavy atom. The molecule has 2 amide bonds. The molecule has 0 spiro atoms. The maximum Gasteiger partial charge on any atom is 0.241 e. The van der Waals surface area contributed by atoms with Crippen LogP contribution in [0.25, 0.3) is 0 Å². The molecule has 1 aliphatic rings. The summed E-state index contributed by atoms with van der Waals surface area (Å²) < 4.78 is 0. The van der Waals surface area contributed by atoms with E-state index < -0.39 is 11.2 Å². The number of hydrogen-bond donors (Lipinski definition) is 1. The molecule has 3 aromatic rings. The number of nitrogens with zero attached hydrogens (tertiary/aromatic N) is 1. The molecule has 1 aliphatic heterocycles. The molecule has 176 valence electrons. The number of rotatable bonds is 8. The number of anilines is 1. The van der Waals surface area contributed by atoms with Gasteiger partial charge in [0.2, 0.25) is 11.8 Å². The number of para-hydroxylation sites is 1. The van der Waals surface area contributed by atoms with Crippen LogP contribution in [0.5, 0.6) is 0 Å². The van der Waals surface area contributed by atoms with E-state index in [2.05, 4.69) is 48.6 Å². The topological polar surface area (TPSA) is 49.4 Å². The Hall–Kier alpha value is -3.05. The Morgan fingerprint density at radius 3 is 2.35 bits per heavy atom. The van der Waals surface area contributed by atoms with Gasteiger partial charge in [-0.15, -0.1) is 11.8 Å². The maximum absolute atomic E-state index is 13.6. The molecule has 3 atom stereocenters. The Morgan fingerprint density at radius 1 is 0.941 bits per heavy atom. The van der Waals surface area contributed by atoms with Crippen molar-refractivity contribution in [2.75, 3.05) is 4.90 Å². The summed E-state index contributed by atoms with van der Waals surface area (Å²) in [5.74, 6) is -0.518. The minimum Gasteiger partial charge on any atom is -0.353 e. The zero-order valence-corrected chi connectivity index (χ0v) is 20.8. The molecule has 4 nitrogen and oxygen atoms in total. The first-order valence-electron chi connectivity index (χ1n) is 11.9. The average molecular weight is 473 g/mol. The molecule has 4 rings (SSSR count). The van der Waals surface area contributed by atoms with Crippen molar-refractivity contribution in [2.45, 2.75) is 56.3 Å². The molecule has 34 heavy (non-hydrogen) atoms. The third-order valence-electron chi connectivity index (χ3n) is 6.35. The van der Waals surface area contributed by atoms with Crippen LogP contribution in [-0.4, -0.2) is 23.1 Å². The Balaban J connectivity index is 1.45. The molecule has 1 N–H and O–H groups in total. The van der Waals surface area contributed by atoms with Crippen LogP contribution in [0.4, 0.5) is 5.69 Å². The lowest BCUT2D eigenvalue weighted by molar-refractivity contribution is -0.128. The largest absolute Gasteiger partial charge is 0.353 e. The van der Waals surface area contributed by atoms with Crippen LogP contribution in [0.1, 0.15) is 37.0 Å².